The maximum atomic E-state index is 12.7. The lowest BCUT2D eigenvalue weighted by Crippen LogP contribution is -2.49. The number of alkyl halides is 3. The Bertz CT molecular complexity index is 881. The molecule has 1 unspecified atom stereocenters. The van der Waals surface area contributed by atoms with E-state index in [1.165, 1.54) is 23.5 Å². The van der Waals surface area contributed by atoms with Crippen molar-refractivity contribution in [2.75, 3.05) is 6.54 Å². The normalized spacial score (nSPS) is 12.1. The molecule has 28 heavy (non-hydrogen) atoms. The van der Waals surface area contributed by atoms with Gasteiger partial charge in [-0.3, -0.25) is 9.59 Å². The number of carbonyl (C=O) groups is 2. The van der Waals surface area contributed by atoms with E-state index in [9.17, 15) is 22.8 Å². The molecule has 0 aliphatic carbocycles. The fourth-order valence-corrected chi connectivity index (χ4v) is 2.94. The number of hydrogen-bond acceptors (Lipinski definition) is 3. The lowest BCUT2D eigenvalue weighted by Gasteiger charge is -2.20. The molecule has 0 fully saturated rings. The fourth-order valence-electron chi connectivity index (χ4n) is 2.32. The third-order valence-electron chi connectivity index (χ3n) is 3.75. The van der Waals surface area contributed by atoms with E-state index in [4.69, 9.17) is 0 Å². The smallest absolute Gasteiger partial charge is 0.343 e. The van der Waals surface area contributed by atoms with Crippen molar-refractivity contribution in [1.29, 1.82) is 0 Å². The minimum atomic E-state index is -4.43. The molecule has 1 aromatic carbocycles. The average molecular weight is 408 g/mol. The summed E-state index contributed by atoms with van der Waals surface area (Å²) in [6.07, 6.45) is -4.43. The molecular weight excluding hydrogens is 389 g/mol. The molecule has 1 heterocycles. The van der Waals surface area contributed by atoms with Crippen LogP contribution in [0.4, 0.5) is 13.2 Å². The highest BCUT2D eigenvalue weighted by atomic mass is 32.1. The SMILES string of the molecule is CC(C)C(NC(=O)c1cccs1)C(=O)NCC#Cc1cccc(C(F)(F)F)c1. The van der Waals surface area contributed by atoms with E-state index >= 15 is 0 Å². The van der Waals surface area contributed by atoms with Crippen molar-refractivity contribution in [3.8, 4) is 11.8 Å². The van der Waals surface area contributed by atoms with E-state index in [0.29, 0.717) is 4.88 Å². The highest BCUT2D eigenvalue weighted by molar-refractivity contribution is 7.12. The van der Waals surface area contributed by atoms with E-state index in [0.717, 1.165) is 12.1 Å². The van der Waals surface area contributed by atoms with E-state index in [-0.39, 0.29) is 23.9 Å². The summed E-state index contributed by atoms with van der Waals surface area (Å²) < 4.78 is 38.1. The second-order valence-corrected chi connectivity index (χ2v) is 7.22. The van der Waals surface area contributed by atoms with Crippen LogP contribution >= 0.6 is 11.3 Å². The topological polar surface area (TPSA) is 58.2 Å². The van der Waals surface area contributed by atoms with Gasteiger partial charge in [0.05, 0.1) is 17.0 Å². The predicted octanol–water partition coefficient (Wildman–Crippen LogP) is 3.69. The first-order valence-corrected chi connectivity index (χ1v) is 9.34. The maximum Gasteiger partial charge on any atom is 0.416 e. The van der Waals surface area contributed by atoms with Crippen molar-refractivity contribution in [3.63, 3.8) is 0 Å². The molecule has 1 aromatic heterocycles. The molecule has 1 atom stereocenters. The zero-order chi connectivity index (χ0) is 20.7. The first-order valence-electron chi connectivity index (χ1n) is 8.46. The predicted molar refractivity (Wildman–Crippen MR) is 102 cm³/mol. The number of rotatable bonds is 5. The molecule has 0 saturated carbocycles. The Morgan fingerprint density at radius 3 is 2.54 bits per heavy atom. The minimum Gasteiger partial charge on any atom is -0.343 e. The highest BCUT2D eigenvalue weighted by Gasteiger charge is 2.30. The molecule has 0 aliphatic heterocycles. The average Bonchev–Trinajstić information content (AvgIpc) is 3.17. The first-order chi connectivity index (χ1) is 13.2. The second kappa shape index (κ2) is 9.42. The molecule has 0 spiro atoms. The van der Waals surface area contributed by atoms with Gasteiger partial charge >= 0.3 is 6.18 Å². The van der Waals surface area contributed by atoms with Crippen LogP contribution < -0.4 is 10.6 Å². The summed E-state index contributed by atoms with van der Waals surface area (Å²) in [6.45, 7) is 3.55. The highest BCUT2D eigenvalue weighted by Crippen LogP contribution is 2.29. The molecule has 2 amide bonds. The van der Waals surface area contributed by atoms with Gasteiger partial charge in [-0.05, 0) is 35.6 Å². The Kier molecular flexibility index (Phi) is 7.24. The number of amides is 2. The monoisotopic (exact) mass is 408 g/mol. The van der Waals surface area contributed by atoms with Crippen LogP contribution in [0.5, 0.6) is 0 Å². The third kappa shape index (κ3) is 6.13. The molecule has 2 N–H and O–H groups in total. The third-order valence-corrected chi connectivity index (χ3v) is 4.62. The summed E-state index contributed by atoms with van der Waals surface area (Å²) in [5.74, 6) is 4.33. The van der Waals surface area contributed by atoms with Crippen LogP contribution in [-0.4, -0.2) is 24.4 Å². The van der Waals surface area contributed by atoms with Gasteiger partial charge < -0.3 is 10.6 Å². The lowest BCUT2D eigenvalue weighted by atomic mass is 10.0. The zero-order valence-electron chi connectivity index (χ0n) is 15.3. The van der Waals surface area contributed by atoms with Crippen LogP contribution in [0.1, 0.15) is 34.6 Å². The largest absolute Gasteiger partial charge is 0.416 e. The number of hydrogen-bond donors (Lipinski definition) is 2. The molecule has 2 aromatic rings. The molecule has 148 valence electrons. The number of benzene rings is 1. The van der Waals surface area contributed by atoms with Gasteiger partial charge in [0.15, 0.2) is 0 Å². The molecule has 0 radical (unpaired) electrons. The summed E-state index contributed by atoms with van der Waals surface area (Å²) in [6, 6.07) is 7.32. The van der Waals surface area contributed by atoms with Gasteiger partial charge in [0.25, 0.3) is 5.91 Å². The fraction of sp³-hybridized carbons (Fsp3) is 0.300. The van der Waals surface area contributed by atoms with Crippen LogP contribution in [-0.2, 0) is 11.0 Å². The van der Waals surface area contributed by atoms with Crippen molar-refractivity contribution in [2.45, 2.75) is 26.1 Å². The van der Waals surface area contributed by atoms with Crippen molar-refractivity contribution in [3.05, 3.63) is 57.8 Å². The van der Waals surface area contributed by atoms with Crippen molar-refractivity contribution in [1.82, 2.24) is 10.6 Å². The second-order valence-electron chi connectivity index (χ2n) is 6.27. The number of nitrogens with one attached hydrogen (secondary N) is 2. The van der Waals surface area contributed by atoms with Crippen LogP contribution in [0.25, 0.3) is 0 Å². The number of carbonyl (C=O) groups excluding carboxylic acids is 2. The standard InChI is InChI=1S/C20H19F3N2O2S/c1-13(2)17(25-18(26)16-9-5-11-28-16)19(27)24-10-4-7-14-6-3-8-15(12-14)20(21,22)23/h3,5-6,8-9,11-13,17H,10H2,1-2H3,(H,24,27)(H,25,26). The Balaban J connectivity index is 1.95. The van der Waals surface area contributed by atoms with Gasteiger partial charge in [-0.2, -0.15) is 13.2 Å². The van der Waals surface area contributed by atoms with Gasteiger partial charge in [0.1, 0.15) is 6.04 Å². The van der Waals surface area contributed by atoms with Gasteiger partial charge in [-0.1, -0.05) is 37.8 Å². The van der Waals surface area contributed by atoms with E-state index in [1.807, 2.05) is 0 Å². The van der Waals surface area contributed by atoms with Crippen LogP contribution in [0.15, 0.2) is 41.8 Å². The quantitative estimate of drug-likeness (QED) is 0.742. The Hall–Kier alpha value is -2.79. The minimum absolute atomic E-state index is 0.0484. The van der Waals surface area contributed by atoms with Crippen molar-refractivity contribution >= 4 is 23.2 Å². The molecule has 0 saturated heterocycles. The molecule has 4 nitrogen and oxygen atoms in total. The summed E-state index contributed by atoms with van der Waals surface area (Å²) in [5, 5.41) is 7.04. The van der Waals surface area contributed by atoms with Gasteiger partial charge in [-0.15, -0.1) is 11.3 Å². The molecule has 0 bridgehead atoms. The lowest BCUT2D eigenvalue weighted by molar-refractivity contribution is -0.137. The summed E-state index contributed by atoms with van der Waals surface area (Å²) in [4.78, 5) is 25.0. The van der Waals surface area contributed by atoms with Gasteiger partial charge in [0.2, 0.25) is 5.91 Å². The van der Waals surface area contributed by atoms with Crippen LogP contribution in [0.3, 0.4) is 0 Å². The Morgan fingerprint density at radius 1 is 1.18 bits per heavy atom. The van der Waals surface area contributed by atoms with Crippen LogP contribution in [0, 0.1) is 17.8 Å². The molecule has 2 rings (SSSR count). The number of thiophene rings is 1. The zero-order valence-corrected chi connectivity index (χ0v) is 16.1. The van der Waals surface area contributed by atoms with Gasteiger partial charge in [0, 0.05) is 5.56 Å². The van der Waals surface area contributed by atoms with Crippen molar-refractivity contribution in [2.24, 2.45) is 5.92 Å². The van der Waals surface area contributed by atoms with E-state index in [1.54, 1.807) is 31.4 Å². The van der Waals surface area contributed by atoms with E-state index in [2.05, 4.69) is 22.5 Å². The van der Waals surface area contributed by atoms with Crippen LogP contribution in [0.2, 0.25) is 0 Å². The van der Waals surface area contributed by atoms with Crippen molar-refractivity contribution < 1.29 is 22.8 Å². The summed E-state index contributed by atoms with van der Waals surface area (Å²) >= 11 is 1.27. The Morgan fingerprint density at radius 2 is 1.93 bits per heavy atom. The Labute approximate surface area is 165 Å². The molecule has 0 aliphatic rings. The van der Waals surface area contributed by atoms with Gasteiger partial charge in [-0.25, -0.2) is 0 Å². The molecular formula is C20H19F3N2O2S. The molecule has 8 heteroatoms. The summed E-state index contributed by atoms with van der Waals surface area (Å²) in [5.41, 5.74) is -0.574. The summed E-state index contributed by atoms with van der Waals surface area (Å²) in [7, 11) is 0. The van der Waals surface area contributed by atoms with E-state index < -0.39 is 23.7 Å². The maximum absolute atomic E-state index is 12.7. The first kappa shape index (κ1) is 21.5. The number of halogens is 3.